The molecule has 0 unspecified atom stereocenters. The number of benzene rings is 5. The predicted molar refractivity (Wildman–Crippen MR) is 171 cm³/mol. The van der Waals surface area contributed by atoms with Crippen LogP contribution in [0.15, 0.2) is 84.9 Å². The van der Waals surface area contributed by atoms with E-state index in [1.807, 2.05) is 79.7 Å². The lowest BCUT2D eigenvalue weighted by molar-refractivity contribution is -0.143. The Bertz CT molecular complexity index is 2120. The average molecular weight is 669 g/mol. The van der Waals surface area contributed by atoms with Crippen molar-refractivity contribution in [1.82, 2.24) is 0 Å². The summed E-state index contributed by atoms with van der Waals surface area (Å²) in [6.45, 7) is 7.08. The van der Waals surface area contributed by atoms with E-state index in [9.17, 15) is 31.5 Å². The molecule has 0 radical (unpaired) electrons. The zero-order valence-corrected chi connectivity index (χ0v) is 26.9. The number of carbonyl (C=O) groups excluding carboxylic acids is 2. The molecule has 0 heterocycles. The van der Waals surface area contributed by atoms with Crippen LogP contribution in [0.3, 0.4) is 0 Å². The van der Waals surface area contributed by atoms with Crippen LogP contribution in [0.4, 0.5) is 22.0 Å². The molecular weight excluding hydrogens is 639 g/mol. The number of carbonyl (C=O) groups is 2. The van der Waals surface area contributed by atoms with Gasteiger partial charge in [0, 0.05) is 17.0 Å². The summed E-state index contributed by atoms with van der Waals surface area (Å²) in [4.78, 5) is 26.8. The molecule has 5 aromatic rings. The number of rotatable bonds is 5. The molecule has 0 fully saturated rings. The fourth-order valence-corrected chi connectivity index (χ4v) is 7.13. The number of aryl methyl sites for hydroxylation is 1. The molecule has 2 bridgehead atoms. The summed E-state index contributed by atoms with van der Waals surface area (Å²) in [5, 5.41) is 0. The highest BCUT2D eigenvalue weighted by atomic mass is 19.2. The van der Waals surface area contributed by atoms with Crippen molar-refractivity contribution in [2.75, 3.05) is 0 Å². The van der Waals surface area contributed by atoms with E-state index in [4.69, 9.17) is 9.47 Å². The van der Waals surface area contributed by atoms with Gasteiger partial charge in [-0.05, 0) is 74.1 Å². The van der Waals surface area contributed by atoms with E-state index in [2.05, 4.69) is 0 Å². The van der Waals surface area contributed by atoms with Crippen molar-refractivity contribution in [2.24, 2.45) is 5.41 Å². The van der Waals surface area contributed by atoms with Crippen LogP contribution < -0.4 is 9.47 Å². The Morgan fingerprint density at radius 1 is 0.673 bits per heavy atom. The van der Waals surface area contributed by atoms with E-state index in [-0.39, 0.29) is 11.5 Å². The molecule has 5 aromatic carbocycles. The molecule has 0 atom stereocenters. The molecule has 9 heteroatoms. The highest BCUT2D eigenvalue weighted by Crippen LogP contribution is 2.64. The van der Waals surface area contributed by atoms with Gasteiger partial charge in [0.25, 0.3) is 0 Å². The largest absolute Gasteiger partial charge is 0.426 e. The van der Waals surface area contributed by atoms with E-state index in [1.54, 1.807) is 20.8 Å². The summed E-state index contributed by atoms with van der Waals surface area (Å²) in [6.07, 6.45) is 0.310. The molecule has 0 aromatic heterocycles. The van der Waals surface area contributed by atoms with Gasteiger partial charge in [0.1, 0.15) is 17.1 Å². The molecule has 3 aliphatic rings. The minimum absolute atomic E-state index is 0.180. The zero-order valence-electron chi connectivity index (χ0n) is 26.9. The molecule has 8 rings (SSSR count). The first kappa shape index (κ1) is 32.2. The summed E-state index contributed by atoms with van der Waals surface area (Å²) in [7, 11) is 0. The third-order valence-electron chi connectivity index (χ3n) is 9.37. The quantitative estimate of drug-likeness (QED) is 0.0616. The van der Waals surface area contributed by atoms with Gasteiger partial charge >= 0.3 is 11.9 Å². The van der Waals surface area contributed by atoms with Crippen LogP contribution in [0, 0.1) is 41.4 Å². The maximum atomic E-state index is 14.9. The molecule has 0 N–H and O–H groups in total. The van der Waals surface area contributed by atoms with Gasteiger partial charge in [-0.15, -0.1) is 0 Å². The fourth-order valence-electron chi connectivity index (χ4n) is 7.13. The number of esters is 2. The van der Waals surface area contributed by atoms with Crippen molar-refractivity contribution in [3.8, 4) is 11.5 Å². The van der Waals surface area contributed by atoms with E-state index in [0.29, 0.717) is 17.5 Å². The van der Waals surface area contributed by atoms with Crippen LogP contribution in [0.5, 0.6) is 11.5 Å². The van der Waals surface area contributed by atoms with Gasteiger partial charge in [-0.1, -0.05) is 78.4 Å². The van der Waals surface area contributed by atoms with Crippen LogP contribution in [0.2, 0.25) is 0 Å². The summed E-state index contributed by atoms with van der Waals surface area (Å²) in [5.74, 6) is -14.4. The highest BCUT2D eigenvalue weighted by Gasteiger charge is 2.55. The Labute approximate surface area is 279 Å². The number of halogens is 5. The number of hydrogen-bond donors (Lipinski definition) is 0. The Morgan fingerprint density at radius 3 is 1.73 bits per heavy atom. The van der Waals surface area contributed by atoms with Gasteiger partial charge in [0.2, 0.25) is 5.82 Å². The van der Waals surface area contributed by atoms with Gasteiger partial charge in [0.05, 0.1) is 10.8 Å². The Hall–Kier alpha value is -5.31. The maximum Gasteiger partial charge on any atom is 0.349 e. The lowest BCUT2D eigenvalue weighted by Gasteiger charge is -2.51. The molecule has 0 saturated heterocycles. The Kier molecular flexibility index (Phi) is 7.50. The second kappa shape index (κ2) is 11.4. The SMILES string of the molecule is Cc1ccc(CC23c4ccccc4C(c4ccccc42)c2c(OC(=O)C(C)(C)C)ccc(OC(=O)c4c(F)c(F)c(F)c(F)c4F)c23)cc1. The number of ether oxygens (including phenoxy) is 2. The highest BCUT2D eigenvalue weighted by molar-refractivity contribution is 5.93. The molecule has 0 aliphatic heterocycles. The van der Waals surface area contributed by atoms with E-state index in [0.717, 1.165) is 33.4 Å². The summed E-state index contributed by atoms with van der Waals surface area (Å²) in [5.41, 5.74) is 2.61. The lowest BCUT2D eigenvalue weighted by atomic mass is 9.51. The van der Waals surface area contributed by atoms with E-state index >= 15 is 0 Å². The molecule has 49 heavy (non-hydrogen) atoms. The molecule has 0 saturated carbocycles. The standard InChI is InChI=1S/C40H29F5O4/c1-20-13-15-21(16-14-20)19-40-24-11-7-5-9-22(24)28(23-10-6-8-12-25(23)40)29-26(49-38(47)39(2,3)4)17-18-27(31(29)40)48-37(46)30-32(41)34(43)36(45)35(44)33(30)42/h5-18,28H,19H2,1-4H3. The van der Waals surface area contributed by atoms with Gasteiger partial charge in [-0.2, -0.15) is 0 Å². The van der Waals surface area contributed by atoms with Crippen LogP contribution in [-0.2, 0) is 16.6 Å². The topological polar surface area (TPSA) is 52.6 Å². The van der Waals surface area contributed by atoms with E-state index < -0.39 is 63.3 Å². The Balaban J connectivity index is 1.54. The van der Waals surface area contributed by atoms with Crippen LogP contribution in [0.1, 0.15) is 81.6 Å². The fraction of sp³-hybridized carbons (Fsp3) is 0.200. The third-order valence-corrected chi connectivity index (χ3v) is 9.37. The van der Waals surface area contributed by atoms with E-state index in [1.165, 1.54) is 12.1 Å². The van der Waals surface area contributed by atoms with Crippen LogP contribution >= 0.6 is 0 Å². The second-order valence-electron chi connectivity index (χ2n) is 13.5. The normalized spacial score (nSPS) is 17.2. The van der Waals surface area contributed by atoms with Crippen molar-refractivity contribution in [3.05, 3.63) is 164 Å². The zero-order chi connectivity index (χ0) is 35.0. The molecule has 3 aliphatic carbocycles. The van der Waals surface area contributed by atoms with Crippen LogP contribution in [0.25, 0.3) is 0 Å². The smallest absolute Gasteiger partial charge is 0.349 e. The first-order valence-electron chi connectivity index (χ1n) is 15.6. The predicted octanol–water partition coefficient (Wildman–Crippen LogP) is 9.25. The molecular formula is C40H29F5O4. The van der Waals surface area contributed by atoms with Crippen molar-refractivity contribution >= 4 is 11.9 Å². The van der Waals surface area contributed by atoms with Crippen molar-refractivity contribution < 1.29 is 41.0 Å². The monoisotopic (exact) mass is 668 g/mol. The first-order valence-corrected chi connectivity index (χ1v) is 15.6. The lowest BCUT2D eigenvalue weighted by Crippen LogP contribution is -2.44. The third kappa shape index (κ3) is 4.85. The molecule has 0 amide bonds. The first-order chi connectivity index (χ1) is 23.3. The second-order valence-corrected chi connectivity index (χ2v) is 13.5. The molecule has 4 nitrogen and oxygen atoms in total. The minimum Gasteiger partial charge on any atom is -0.426 e. The van der Waals surface area contributed by atoms with Gasteiger partial charge in [0.15, 0.2) is 23.3 Å². The molecule has 0 spiro atoms. The average Bonchev–Trinajstić information content (AvgIpc) is 3.08. The summed E-state index contributed by atoms with van der Waals surface area (Å²) in [6, 6.07) is 26.0. The van der Waals surface area contributed by atoms with Crippen molar-refractivity contribution in [1.29, 1.82) is 0 Å². The minimum atomic E-state index is -2.39. The van der Waals surface area contributed by atoms with Crippen molar-refractivity contribution in [2.45, 2.75) is 45.4 Å². The summed E-state index contributed by atoms with van der Waals surface area (Å²) >= 11 is 0. The van der Waals surface area contributed by atoms with Gasteiger partial charge in [-0.25, -0.2) is 26.7 Å². The maximum absolute atomic E-state index is 14.9. The van der Waals surface area contributed by atoms with Crippen molar-refractivity contribution in [3.63, 3.8) is 0 Å². The Morgan fingerprint density at radius 2 is 1.18 bits per heavy atom. The molecule has 248 valence electrons. The van der Waals surface area contributed by atoms with Gasteiger partial charge in [-0.3, -0.25) is 4.79 Å². The van der Waals surface area contributed by atoms with Crippen LogP contribution in [-0.4, -0.2) is 11.9 Å². The van der Waals surface area contributed by atoms with Gasteiger partial charge < -0.3 is 9.47 Å². The number of hydrogen-bond acceptors (Lipinski definition) is 4. The summed E-state index contributed by atoms with van der Waals surface area (Å²) < 4.78 is 83.8.